The molecule has 19 heavy (non-hydrogen) atoms. The number of aromatic nitrogens is 1. The van der Waals surface area contributed by atoms with Gasteiger partial charge in [0.2, 0.25) is 0 Å². The van der Waals surface area contributed by atoms with Gasteiger partial charge in [-0.1, -0.05) is 0 Å². The van der Waals surface area contributed by atoms with Crippen molar-refractivity contribution in [2.24, 2.45) is 5.41 Å². The average Bonchev–Trinajstić information content (AvgIpc) is 2.84. The first-order chi connectivity index (χ1) is 9.07. The van der Waals surface area contributed by atoms with Crippen LogP contribution in [0.2, 0.25) is 0 Å². The number of carbonyl (C=O) groups excluding carboxylic acids is 2. The summed E-state index contributed by atoms with van der Waals surface area (Å²) in [5, 5.41) is 0. The van der Waals surface area contributed by atoms with E-state index in [2.05, 4.69) is 4.98 Å². The SMILES string of the molecule is COC(=O)C1(C(=O)OC)Cc2cnc(CCl)cc2C1. The van der Waals surface area contributed by atoms with E-state index < -0.39 is 17.4 Å². The number of esters is 2. The number of hydrogen-bond acceptors (Lipinski definition) is 5. The summed E-state index contributed by atoms with van der Waals surface area (Å²) in [5.41, 5.74) is 1.16. The van der Waals surface area contributed by atoms with E-state index in [1.807, 2.05) is 6.07 Å². The fraction of sp³-hybridized carbons (Fsp3) is 0.462. The average molecular weight is 284 g/mol. The van der Waals surface area contributed by atoms with Gasteiger partial charge in [-0.3, -0.25) is 14.6 Å². The van der Waals surface area contributed by atoms with E-state index in [9.17, 15) is 9.59 Å². The highest BCUT2D eigenvalue weighted by Gasteiger charge is 2.52. The number of halogens is 1. The van der Waals surface area contributed by atoms with Crippen LogP contribution in [0.5, 0.6) is 0 Å². The summed E-state index contributed by atoms with van der Waals surface area (Å²) in [6, 6.07) is 1.82. The molecule has 0 N–H and O–H groups in total. The van der Waals surface area contributed by atoms with Crippen molar-refractivity contribution in [1.29, 1.82) is 0 Å². The minimum Gasteiger partial charge on any atom is -0.468 e. The van der Waals surface area contributed by atoms with Crippen LogP contribution >= 0.6 is 11.6 Å². The highest BCUT2D eigenvalue weighted by atomic mass is 35.5. The molecule has 0 fully saturated rings. The summed E-state index contributed by atoms with van der Waals surface area (Å²) >= 11 is 5.73. The zero-order chi connectivity index (χ0) is 14.0. The zero-order valence-electron chi connectivity index (χ0n) is 10.7. The number of methoxy groups -OCH3 is 2. The van der Waals surface area contributed by atoms with E-state index in [0.717, 1.165) is 11.1 Å². The summed E-state index contributed by atoms with van der Waals surface area (Å²) in [7, 11) is 2.52. The third-order valence-electron chi connectivity index (χ3n) is 3.41. The fourth-order valence-corrected chi connectivity index (χ4v) is 2.59. The molecule has 1 heterocycles. The predicted octanol–water partition coefficient (Wildman–Crippen LogP) is 1.25. The normalized spacial score (nSPS) is 15.7. The lowest BCUT2D eigenvalue weighted by atomic mass is 9.85. The van der Waals surface area contributed by atoms with Crippen molar-refractivity contribution < 1.29 is 19.1 Å². The maximum Gasteiger partial charge on any atom is 0.323 e. The van der Waals surface area contributed by atoms with Gasteiger partial charge in [0.05, 0.1) is 25.8 Å². The Hall–Kier alpha value is -1.62. The third kappa shape index (κ3) is 2.18. The van der Waals surface area contributed by atoms with Gasteiger partial charge in [0.25, 0.3) is 0 Å². The molecule has 5 nitrogen and oxygen atoms in total. The van der Waals surface area contributed by atoms with Gasteiger partial charge in [0, 0.05) is 12.6 Å². The van der Waals surface area contributed by atoms with Crippen LogP contribution in [0.15, 0.2) is 12.3 Å². The van der Waals surface area contributed by atoms with Crippen molar-refractivity contribution in [2.45, 2.75) is 18.7 Å². The van der Waals surface area contributed by atoms with Crippen LogP contribution in [0.4, 0.5) is 0 Å². The van der Waals surface area contributed by atoms with Crippen LogP contribution in [-0.4, -0.2) is 31.1 Å². The smallest absolute Gasteiger partial charge is 0.323 e. The number of fused-ring (bicyclic) bond motifs is 1. The minimum absolute atomic E-state index is 0.247. The van der Waals surface area contributed by atoms with E-state index in [4.69, 9.17) is 21.1 Å². The van der Waals surface area contributed by atoms with Gasteiger partial charge in [-0.05, 0) is 23.6 Å². The van der Waals surface area contributed by atoms with Crippen molar-refractivity contribution in [3.63, 3.8) is 0 Å². The predicted molar refractivity (Wildman–Crippen MR) is 67.7 cm³/mol. The molecule has 0 radical (unpaired) electrons. The van der Waals surface area contributed by atoms with Crippen LogP contribution in [0.3, 0.4) is 0 Å². The Morgan fingerprint density at radius 2 is 1.84 bits per heavy atom. The third-order valence-corrected chi connectivity index (χ3v) is 3.69. The number of alkyl halides is 1. The van der Waals surface area contributed by atoms with Gasteiger partial charge in [-0.15, -0.1) is 11.6 Å². The van der Waals surface area contributed by atoms with Crippen LogP contribution in [0.25, 0.3) is 0 Å². The number of carbonyl (C=O) groups is 2. The molecular weight excluding hydrogens is 270 g/mol. The highest BCUT2D eigenvalue weighted by molar-refractivity contribution is 6.16. The van der Waals surface area contributed by atoms with Gasteiger partial charge >= 0.3 is 11.9 Å². The van der Waals surface area contributed by atoms with Gasteiger partial charge in [-0.25, -0.2) is 0 Å². The van der Waals surface area contributed by atoms with Gasteiger partial charge in [0.1, 0.15) is 0 Å². The van der Waals surface area contributed by atoms with Gasteiger partial charge < -0.3 is 9.47 Å². The molecule has 0 spiro atoms. The molecule has 0 aromatic carbocycles. The maximum absolute atomic E-state index is 12.0. The summed E-state index contributed by atoms with van der Waals surface area (Å²) in [6.45, 7) is 0. The zero-order valence-corrected chi connectivity index (χ0v) is 11.5. The second-order valence-corrected chi connectivity index (χ2v) is 4.76. The van der Waals surface area contributed by atoms with E-state index in [-0.39, 0.29) is 18.7 Å². The molecule has 6 heteroatoms. The summed E-state index contributed by atoms with van der Waals surface area (Å²) in [5.74, 6) is -0.873. The molecule has 1 aromatic heterocycles. The Morgan fingerprint density at radius 1 is 1.26 bits per heavy atom. The van der Waals surface area contributed by atoms with E-state index in [1.54, 1.807) is 6.20 Å². The lowest BCUT2D eigenvalue weighted by molar-refractivity contribution is -0.168. The number of ether oxygens (including phenoxy) is 2. The molecular formula is C13H14ClNO4. The molecule has 0 aliphatic heterocycles. The lowest BCUT2D eigenvalue weighted by Crippen LogP contribution is -2.42. The fourth-order valence-electron chi connectivity index (χ4n) is 2.45. The van der Waals surface area contributed by atoms with Crippen LogP contribution in [-0.2, 0) is 37.8 Å². The first kappa shape index (κ1) is 13.8. The quantitative estimate of drug-likeness (QED) is 0.474. The van der Waals surface area contributed by atoms with Crippen LogP contribution in [0, 0.1) is 5.41 Å². The van der Waals surface area contributed by atoms with E-state index in [1.165, 1.54) is 14.2 Å². The topological polar surface area (TPSA) is 65.5 Å². The van der Waals surface area contributed by atoms with Crippen LogP contribution in [0.1, 0.15) is 16.8 Å². The molecule has 0 saturated heterocycles. The highest BCUT2D eigenvalue weighted by Crippen LogP contribution is 2.39. The maximum atomic E-state index is 12.0. The van der Waals surface area contributed by atoms with Gasteiger partial charge in [0.15, 0.2) is 5.41 Å². The molecule has 1 aliphatic rings. The van der Waals surface area contributed by atoms with Crippen molar-refractivity contribution in [2.75, 3.05) is 14.2 Å². The first-order valence-corrected chi connectivity index (χ1v) is 6.30. The standard InChI is InChI=1S/C13H14ClNO4/c1-18-11(16)13(12(17)19-2)4-8-3-10(6-14)15-7-9(8)5-13/h3,7H,4-6H2,1-2H3. The summed E-state index contributed by atoms with van der Waals surface area (Å²) in [4.78, 5) is 28.1. The van der Waals surface area contributed by atoms with Crippen molar-refractivity contribution in [3.8, 4) is 0 Å². The monoisotopic (exact) mass is 283 g/mol. The Labute approximate surface area is 115 Å². The minimum atomic E-state index is -1.29. The van der Waals surface area contributed by atoms with Gasteiger partial charge in [-0.2, -0.15) is 0 Å². The molecule has 0 saturated carbocycles. The molecule has 2 rings (SSSR count). The second kappa shape index (κ2) is 5.17. The molecule has 0 amide bonds. The Balaban J connectivity index is 2.41. The molecule has 1 aromatic rings. The van der Waals surface area contributed by atoms with Crippen molar-refractivity contribution >= 4 is 23.5 Å². The number of rotatable bonds is 3. The largest absolute Gasteiger partial charge is 0.468 e. The Bertz CT molecular complexity index is 513. The lowest BCUT2D eigenvalue weighted by Gasteiger charge is -2.22. The van der Waals surface area contributed by atoms with Crippen molar-refractivity contribution in [3.05, 3.63) is 29.1 Å². The molecule has 0 bridgehead atoms. The molecule has 0 unspecified atom stereocenters. The first-order valence-electron chi connectivity index (χ1n) is 5.77. The number of hydrogen-bond donors (Lipinski definition) is 0. The number of nitrogens with zero attached hydrogens (tertiary/aromatic N) is 1. The summed E-state index contributed by atoms with van der Waals surface area (Å²) < 4.78 is 9.52. The van der Waals surface area contributed by atoms with E-state index >= 15 is 0 Å². The van der Waals surface area contributed by atoms with E-state index in [0.29, 0.717) is 5.69 Å². The molecule has 1 aliphatic carbocycles. The van der Waals surface area contributed by atoms with Crippen LogP contribution < -0.4 is 0 Å². The Morgan fingerprint density at radius 3 is 2.37 bits per heavy atom. The summed E-state index contributed by atoms with van der Waals surface area (Å²) in [6.07, 6.45) is 2.16. The Kier molecular flexibility index (Phi) is 3.75. The van der Waals surface area contributed by atoms with Crippen molar-refractivity contribution in [1.82, 2.24) is 4.98 Å². The number of pyridine rings is 1. The molecule has 102 valence electrons. The molecule has 0 atom stereocenters. The second-order valence-electron chi connectivity index (χ2n) is 4.50.